The van der Waals surface area contributed by atoms with Gasteiger partial charge < -0.3 is 10.6 Å². The fourth-order valence-corrected chi connectivity index (χ4v) is 3.02. The molecule has 1 unspecified atom stereocenters. The largest absolute Gasteiger partial charge is 0.370 e. The van der Waals surface area contributed by atoms with E-state index >= 15 is 0 Å². The Morgan fingerprint density at radius 1 is 1.30 bits per heavy atom. The molecule has 1 aromatic carbocycles. The lowest BCUT2D eigenvalue weighted by atomic mass is 10.1. The van der Waals surface area contributed by atoms with Crippen LogP contribution in [-0.2, 0) is 0 Å². The van der Waals surface area contributed by atoms with Gasteiger partial charge in [-0.15, -0.1) is 24.0 Å². The molecule has 1 aliphatic carbocycles. The Labute approximate surface area is 162 Å². The second-order valence-electron chi connectivity index (χ2n) is 5.80. The molecule has 1 aromatic rings. The quantitative estimate of drug-likeness (QED) is 0.391. The average Bonchev–Trinajstić information content (AvgIpc) is 3.36. The summed E-state index contributed by atoms with van der Waals surface area (Å²) < 4.78 is 0. The van der Waals surface area contributed by atoms with E-state index in [0.29, 0.717) is 18.5 Å². The molecule has 23 heavy (non-hydrogen) atoms. The van der Waals surface area contributed by atoms with Crippen LogP contribution in [0.1, 0.15) is 38.3 Å². The van der Waals surface area contributed by atoms with Gasteiger partial charge in [0.25, 0.3) is 0 Å². The van der Waals surface area contributed by atoms with E-state index in [4.69, 9.17) is 17.3 Å². The molecule has 0 saturated heterocycles. The normalized spacial score (nSPS) is 16.1. The third kappa shape index (κ3) is 5.50. The number of hydrogen-bond donors (Lipinski definition) is 1. The minimum atomic E-state index is 0. The van der Waals surface area contributed by atoms with Gasteiger partial charge in [-0.1, -0.05) is 43.6 Å². The summed E-state index contributed by atoms with van der Waals surface area (Å²) in [4.78, 5) is 9.10. The molecule has 2 N–H and O–H groups in total. The number of hydrogen-bond acceptors (Lipinski definition) is 2. The maximum absolute atomic E-state index is 6.40. The van der Waals surface area contributed by atoms with Crippen molar-refractivity contribution in [1.82, 2.24) is 9.80 Å². The van der Waals surface area contributed by atoms with Crippen molar-refractivity contribution in [3.8, 4) is 0 Å². The van der Waals surface area contributed by atoms with Crippen molar-refractivity contribution < 1.29 is 0 Å². The van der Waals surface area contributed by atoms with E-state index in [9.17, 15) is 0 Å². The van der Waals surface area contributed by atoms with Crippen molar-refractivity contribution in [2.75, 3.05) is 26.7 Å². The predicted molar refractivity (Wildman–Crippen MR) is 110 cm³/mol. The number of benzene rings is 1. The second-order valence-corrected chi connectivity index (χ2v) is 6.21. The van der Waals surface area contributed by atoms with Crippen LogP contribution in [0, 0.1) is 0 Å². The van der Waals surface area contributed by atoms with Gasteiger partial charge in [0, 0.05) is 18.1 Å². The minimum absolute atomic E-state index is 0. The number of likely N-dealkylation sites (N-methyl/N-ethyl adjacent to an activating group) is 1. The van der Waals surface area contributed by atoms with E-state index in [-0.39, 0.29) is 30.0 Å². The van der Waals surface area contributed by atoms with E-state index < -0.39 is 0 Å². The van der Waals surface area contributed by atoms with Gasteiger partial charge >= 0.3 is 0 Å². The van der Waals surface area contributed by atoms with Crippen LogP contribution < -0.4 is 5.73 Å². The molecule has 6 heteroatoms. The Balaban J connectivity index is 0.00000264. The molecule has 0 radical (unpaired) electrons. The van der Waals surface area contributed by atoms with Gasteiger partial charge in [0.2, 0.25) is 0 Å². The van der Waals surface area contributed by atoms with Gasteiger partial charge in [0.05, 0.1) is 12.6 Å². The molecule has 1 saturated carbocycles. The zero-order valence-electron chi connectivity index (χ0n) is 14.2. The second kappa shape index (κ2) is 9.69. The highest BCUT2D eigenvalue weighted by Crippen LogP contribution is 2.28. The van der Waals surface area contributed by atoms with Crippen molar-refractivity contribution in [1.29, 1.82) is 0 Å². The maximum atomic E-state index is 6.40. The number of halogens is 2. The van der Waals surface area contributed by atoms with Crippen LogP contribution in [-0.4, -0.2) is 48.5 Å². The smallest absolute Gasteiger partial charge is 0.191 e. The molecule has 1 aliphatic rings. The third-order valence-electron chi connectivity index (χ3n) is 4.40. The summed E-state index contributed by atoms with van der Waals surface area (Å²) in [7, 11) is 2.03. The minimum Gasteiger partial charge on any atom is -0.370 e. The van der Waals surface area contributed by atoms with Gasteiger partial charge in [-0.2, -0.15) is 0 Å². The summed E-state index contributed by atoms with van der Waals surface area (Å²) in [5.74, 6) is 0.631. The van der Waals surface area contributed by atoms with Crippen LogP contribution in [0.2, 0.25) is 5.02 Å². The van der Waals surface area contributed by atoms with Gasteiger partial charge in [0.1, 0.15) is 0 Å². The summed E-state index contributed by atoms with van der Waals surface area (Å²) in [6.45, 7) is 6.88. The summed E-state index contributed by atoms with van der Waals surface area (Å²) in [5, 5.41) is 0.795. The topological polar surface area (TPSA) is 44.9 Å². The molecule has 2 rings (SSSR count). The SMILES string of the molecule is CCN(CC)C(CN=C(N)N(C)C1CC1)c1ccccc1Cl.I. The lowest BCUT2D eigenvalue weighted by Crippen LogP contribution is -2.37. The number of rotatable bonds is 7. The van der Waals surface area contributed by atoms with Crippen LogP contribution >= 0.6 is 35.6 Å². The Morgan fingerprint density at radius 3 is 2.43 bits per heavy atom. The number of nitrogens with two attached hydrogens (primary N) is 1. The molecule has 1 atom stereocenters. The fourth-order valence-electron chi connectivity index (χ4n) is 2.76. The number of nitrogens with zero attached hydrogens (tertiary/aromatic N) is 3. The molecule has 0 bridgehead atoms. The van der Waals surface area contributed by atoms with Crippen LogP contribution in [0.15, 0.2) is 29.3 Å². The highest BCUT2D eigenvalue weighted by Gasteiger charge is 2.28. The first kappa shape index (κ1) is 20.5. The summed E-state index contributed by atoms with van der Waals surface area (Å²) >= 11 is 6.40. The predicted octanol–water partition coefficient (Wildman–Crippen LogP) is 3.75. The summed E-state index contributed by atoms with van der Waals surface area (Å²) in [6.07, 6.45) is 2.44. The lowest BCUT2D eigenvalue weighted by Gasteiger charge is -2.30. The molecule has 0 amide bonds. The highest BCUT2D eigenvalue weighted by molar-refractivity contribution is 14.0. The standard InChI is InChI=1S/C17H27ClN4.HI/c1-4-22(5-2)16(14-8-6-7-9-15(14)18)12-20-17(19)21(3)13-10-11-13;/h6-9,13,16H,4-5,10-12H2,1-3H3,(H2,19,20);1H. The molecular formula is C17H28ClIN4. The van der Waals surface area contributed by atoms with Crippen molar-refractivity contribution in [3.05, 3.63) is 34.9 Å². The first-order chi connectivity index (χ1) is 10.6. The first-order valence-electron chi connectivity index (χ1n) is 8.09. The van der Waals surface area contributed by atoms with Crippen LogP contribution in [0.4, 0.5) is 0 Å². The third-order valence-corrected chi connectivity index (χ3v) is 4.74. The van der Waals surface area contributed by atoms with Crippen LogP contribution in [0.5, 0.6) is 0 Å². The van der Waals surface area contributed by atoms with Crippen molar-refractivity contribution >= 4 is 41.5 Å². The molecule has 0 spiro atoms. The summed E-state index contributed by atoms with van der Waals surface area (Å²) in [6, 6.07) is 8.76. The van der Waals surface area contributed by atoms with E-state index in [1.54, 1.807) is 0 Å². The number of guanidine groups is 1. The van der Waals surface area contributed by atoms with E-state index in [0.717, 1.165) is 23.7 Å². The Kier molecular flexibility index (Phi) is 8.64. The lowest BCUT2D eigenvalue weighted by molar-refractivity contribution is 0.224. The Morgan fingerprint density at radius 2 is 1.91 bits per heavy atom. The molecule has 130 valence electrons. The Bertz CT molecular complexity index is 515. The van der Waals surface area contributed by atoms with Gasteiger partial charge in [-0.25, -0.2) is 0 Å². The number of aliphatic imine (C=N–C) groups is 1. The van der Waals surface area contributed by atoms with Crippen molar-refractivity contribution in [2.45, 2.75) is 38.8 Å². The molecule has 0 aliphatic heterocycles. The van der Waals surface area contributed by atoms with Gasteiger partial charge in [-0.05, 0) is 37.6 Å². The zero-order chi connectivity index (χ0) is 16.1. The molecule has 0 heterocycles. The van der Waals surface area contributed by atoms with E-state index in [1.165, 1.54) is 12.8 Å². The average molecular weight is 451 g/mol. The molecule has 1 fully saturated rings. The maximum Gasteiger partial charge on any atom is 0.191 e. The van der Waals surface area contributed by atoms with Crippen LogP contribution in [0.25, 0.3) is 0 Å². The monoisotopic (exact) mass is 450 g/mol. The van der Waals surface area contributed by atoms with Gasteiger partial charge in [0.15, 0.2) is 5.96 Å². The Hall–Kier alpha value is -0.530. The van der Waals surface area contributed by atoms with E-state index in [1.807, 2.05) is 25.2 Å². The molecular weight excluding hydrogens is 423 g/mol. The molecule has 4 nitrogen and oxygen atoms in total. The van der Waals surface area contributed by atoms with Crippen molar-refractivity contribution in [2.24, 2.45) is 10.7 Å². The van der Waals surface area contributed by atoms with Crippen LogP contribution in [0.3, 0.4) is 0 Å². The first-order valence-corrected chi connectivity index (χ1v) is 8.47. The van der Waals surface area contributed by atoms with Crippen molar-refractivity contribution in [3.63, 3.8) is 0 Å². The van der Waals surface area contributed by atoms with E-state index in [2.05, 4.69) is 34.7 Å². The zero-order valence-corrected chi connectivity index (χ0v) is 17.3. The van der Waals surface area contributed by atoms with Gasteiger partial charge in [-0.3, -0.25) is 9.89 Å². The molecule has 0 aromatic heterocycles. The highest BCUT2D eigenvalue weighted by atomic mass is 127. The fraction of sp³-hybridized carbons (Fsp3) is 0.588. The summed E-state index contributed by atoms with van der Waals surface area (Å²) in [5.41, 5.74) is 7.25.